The summed E-state index contributed by atoms with van der Waals surface area (Å²) in [6.45, 7) is 7.55. The van der Waals surface area contributed by atoms with Crippen LogP contribution in [0.5, 0.6) is 0 Å². The van der Waals surface area contributed by atoms with Crippen molar-refractivity contribution < 1.29 is 14.3 Å². The summed E-state index contributed by atoms with van der Waals surface area (Å²) in [5, 5.41) is 0. The van der Waals surface area contributed by atoms with Gasteiger partial charge in [0.1, 0.15) is 13.2 Å². The number of rotatable bonds is 1. The number of hydrogen-bond acceptors (Lipinski definition) is 3. The lowest BCUT2D eigenvalue weighted by atomic mass is 10.6. The van der Waals surface area contributed by atoms with Gasteiger partial charge in [-0.1, -0.05) is 25.3 Å². The van der Waals surface area contributed by atoms with Crippen LogP contribution in [0, 0.1) is 0 Å². The van der Waals surface area contributed by atoms with Crippen LogP contribution in [0.15, 0.2) is 25.3 Å². The van der Waals surface area contributed by atoms with E-state index < -0.39 is 6.16 Å². The van der Waals surface area contributed by atoms with Crippen LogP contribution < -0.4 is 0 Å². The third-order valence-electron chi connectivity index (χ3n) is 0.690. The molecule has 1 fully saturated rings. The Morgan fingerprint density at radius 3 is 1.70 bits per heavy atom. The Labute approximate surface area is 59.9 Å². The van der Waals surface area contributed by atoms with Crippen molar-refractivity contribution in [3.63, 3.8) is 0 Å². The molecule has 1 heterocycles. The van der Waals surface area contributed by atoms with Gasteiger partial charge in [-0.2, -0.15) is 0 Å². The van der Waals surface area contributed by atoms with E-state index in [0.717, 1.165) is 0 Å². The van der Waals surface area contributed by atoms with Crippen LogP contribution in [-0.4, -0.2) is 19.4 Å². The van der Waals surface area contributed by atoms with Gasteiger partial charge in [-0.05, 0) is 0 Å². The second-order valence-electron chi connectivity index (χ2n) is 1.42. The third kappa shape index (κ3) is 4.90. The molecule has 3 nitrogen and oxygen atoms in total. The summed E-state index contributed by atoms with van der Waals surface area (Å²) >= 11 is 0. The van der Waals surface area contributed by atoms with E-state index in [0.29, 0.717) is 13.2 Å². The van der Waals surface area contributed by atoms with Crippen LogP contribution in [0.3, 0.4) is 0 Å². The van der Waals surface area contributed by atoms with Gasteiger partial charge >= 0.3 is 6.16 Å². The van der Waals surface area contributed by atoms with E-state index in [1.165, 1.54) is 0 Å². The van der Waals surface area contributed by atoms with Gasteiger partial charge in [0.05, 0.1) is 0 Å². The summed E-state index contributed by atoms with van der Waals surface area (Å²) in [5.41, 5.74) is 0. The molecule has 0 aromatic carbocycles. The number of carbonyl (C=O) groups is 1. The van der Waals surface area contributed by atoms with Crippen LogP contribution in [0.1, 0.15) is 0 Å². The van der Waals surface area contributed by atoms with Crippen molar-refractivity contribution in [2.45, 2.75) is 0 Å². The Kier molecular flexibility index (Phi) is 5.14. The topological polar surface area (TPSA) is 35.5 Å². The zero-order chi connectivity index (χ0) is 7.82. The van der Waals surface area contributed by atoms with Gasteiger partial charge in [0.15, 0.2) is 0 Å². The molecule has 0 saturated carbocycles. The largest absolute Gasteiger partial charge is 0.508 e. The first-order valence-electron chi connectivity index (χ1n) is 2.84. The average Bonchev–Trinajstić information content (AvgIpc) is 2.40. The fourth-order valence-corrected chi connectivity index (χ4v) is 0.292. The van der Waals surface area contributed by atoms with Gasteiger partial charge < -0.3 is 9.47 Å². The molecule has 0 spiro atoms. The zero-order valence-electron chi connectivity index (χ0n) is 5.71. The number of allylic oxidation sites excluding steroid dienone is 2. The van der Waals surface area contributed by atoms with Crippen LogP contribution in [0.25, 0.3) is 0 Å². The quantitative estimate of drug-likeness (QED) is 0.411. The van der Waals surface area contributed by atoms with E-state index in [9.17, 15) is 4.79 Å². The monoisotopic (exact) mass is 142 g/mol. The maximum absolute atomic E-state index is 9.80. The summed E-state index contributed by atoms with van der Waals surface area (Å²) in [7, 11) is 0. The van der Waals surface area contributed by atoms with Crippen LogP contribution in [-0.2, 0) is 9.47 Å². The Morgan fingerprint density at radius 1 is 1.20 bits per heavy atom. The highest BCUT2D eigenvalue weighted by molar-refractivity contribution is 5.61. The molecule has 0 N–H and O–H groups in total. The van der Waals surface area contributed by atoms with E-state index in [4.69, 9.17) is 0 Å². The van der Waals surface area contributed by atoms with Gasteiger partial charge in [-0.3, -0.25) is 0 Å². The minimum absolute atomic E-state index is 0.416. The molecule has 0 unspecified atom stereocenters. The van der Waals surface area contributed by atoms with E-state index in [1.54, 1.807) is 12.2 Å². The second-order valence-corrected chi connectivity index (χ2v) is 1.42. The third-order valence-corrected chi connectivity index (χ3v) is 0.690. The molecule has 1 rings (SSSR count). The molecule has 1 aliphatic heterocycles. The molecule has 0 atom stereocenters. The first-order valence-corrected chi connectivity index (χ1v) is 2.84. The standard InChI is InChI=1S/C4H6.C3H4O3/c1-3-4-2;4-3-5-1-2-6-3/h3-4H,1-2H2;1-2H2. The molecule has 56 valence electrons. The van der Waals surface area contributed by atoms with Crippen molar-refractivity contribution in [3.05, 3.63) is 25.3 Å². The number of carbonyl (C=O) groups excluding carboxylic acids is 1. The highest BCUT2D eigenvalue weighted by Gasteiger charge is 2.09. The molecule has 0 aromatic rings. The summed E-state index contributed by atoms with van der Waals surface area (Å²) in [6.07, 6.45) is 2.73. The SMILES string of the molecule is C=CC=C.O=C1OCCO1. The van der Waals surface area contributed by atoms with Crippen molar-refractivity contribution in [1.29, 1.82) is 0 Å². The van der Waals surface area contributed by atoms with Crippen LogP contribution in [0.2, 0.25) is 0 Å². The molecular formula is C7H10O3. The number of ether oxygens (including phenoxy) is 2. The first-order chi connectivity index (χ1) is 4.81. The first kappa shape index (κ1) is 8.75. The summed E-state index contributed by atoms with van der Waals surface area (Å²) in [6, 6.07) is 0. The Bertz CT molecular complexity index is 115. The van der Waals surface area contributed by atoms with Gasteiger partial charge in [0, 0.05) is 0 Å². The highest BCUT2D eigenvalue weighted by atomic mass is 16.8. The van der Waals surface area contributed by atoms with Crippen molar-refractivity contribution in [2.24, 2.45) is 0 Å². The lowest BCUT2D eigenvalue weighted by Gasteiger charge is -1.78. The van der Waals surface area contributed by atoms with Crippen molar-refractivity contribution in [2.75, 3.05) is 13.2 Å². The molecule has 1 saturated heterocycles. The number of cyclic esters (lactones) is 2. The van der Waals surface area contributed by atoms with Crippen molar-refractivity contribution in [1.82, 2.24) is 0 Å². The lowest BCUT2D eigenvalue weighted by molar-refractivity contribution is 0.131. The highest BCUT2D eigenvalue weighted by Crippen LogP contribution is 1.92. The average molecular weight is 142 g/mol. The van der Waals surface area contributed by atoms with Crippen LogP contribution in [0.4, 0.5) is 4.79 Å². The van der Waals surface area contributed by atoms with Gasteiger partial charge in [-0.15, -0.1) is 0 Å². The summed E-state index contributed by atoms with van der Waals surface area (Å²) < 4.78 is 8.58. The Balaban J connectivity index is 0.000000180. The molecule has 1 aliphatic rings. The Morgan fingerprint density at radius 2 is 1.60 bits per heavy atom. The molecule has 0 aromatic heterocycles. The zero-order valence-corrected chi connectivity index (χ0v) is 5.71. The predicted molar refractivity (Wildman–Crippen MR) is 37.7 cm³/mol. The summed E-state index contributed by atoms with van der Waals surface area (Å²) in [5.74, 6) is 0. The smallest absolute Gasteiger partial charge is 0.431 e. The number of hydrogen-bond donors (Lipinski definition) is 0. The van der Waals surface area contributed by atoms with Gasteiger partial charge in [0.25, 0.3) is 0 Å². The summed E-state index contributed by atoms with van der Waals surface area (Å²) in [4.78, 5) is 9.80. The van der Waals surface area contributed by atoms with Crippen LogP contribution >= 0.6 is 0 Å². The molecule has 0 bridgehead atoms. The fourth-order valence-electron chi connectivity index (χ4n) is 0.292. The predicted octanol–water partition coefficient (Wildman–Crippen LogP) is 1.51. The molecule has 0 aliphatic carbocycles. The van der Waals surface area contributed by atoms with Crippen molar-refractivity contribution >= 4 is 6.16 Å². The minimum Gasteiger partial charge on any atom is -0.431 e. The maximum Gasteiger partial charge on any atom is 0.508 e. The van der Waals surface area contributed by atoms with E-state index in [2.05, 4.69) is 22.6 Å². The maximum atomic E-state index is 9.80. The molecular weight excluding hydrogens is 132 g/mol. The lowest BCUT2D eigenvalue weighted by Crippen LogP contribution is -1.88. The van der Waals surface area contributed by atoms with Gasteiger partial charge in [0.2, 0.25) is 0 Å². The molecule has 0 amide bonds. The second kappa shape index (κ2) is 5.88. The Hall–Kier alpha value is -1.25. The normalized spacial score (nSPS) is 13.8. The van der Waals surface area contributed by atoms with E-state index in [1.807, 2.05) is 0 Å². The fraction of sp³-hybridized carbons (Fsp3) is 0.286. The van der Waals surface area contributed by atoms with E-state index in [-0.39, 0.29) is 0 Å². The van der Waals surface area contributed by atoms with Crippen molar-refractivity contribution in [3.8, 4) is 0 Å². The molecule has 3 heteroatoms. The molecule has 0 radical (unpaired) electrons. The minimum atomic E-state index is -0.546. The molecule has 10 heavy (non-hydrogen) atoms. The van der Waals surface area contributed by atoms with Gasteiger partial charge in [-0.25, -0.2) is 4.79 Å². The van der Waals surface area contributed by atoms with E-state index >= 15 is 0 Å².